The SMILES string of the molecule is CN(c1ccc2c(CCC(N)=O)c(NC(=O)c3csc(C(/C=C\N)=C/C4CC4)n3)[nH]c2c1)C(O)c1ccc(F)cc1. The molecule has 1 fully saturated rings. The van der Waals surface area contributed by atoms with E-state index in [1.807, 2.05) is 18.2 Å². The van der Waals surface area contributed by atoms with Crippen LogP contribution in [0.3, 0.4) is 0 Å². The maximum atomic E-state index is 13.3. The number of anilines is 2. The van der Waals surface area contributed by atoms with Crippen LogP contribution in [0.4, 0.5) is 15.9 Å². The molecule has 2 heterocycles. The Labute approximate surface area is 240 Å². The minimum Gasteiger partial charge on any atom is -0.405 e. The third-order valence-corrected chi connectivity index (χ3v) is 7.88. The summed E-state index contributed by atoms with van der Waals surface area (Å²) in [6.45, 7) is 0. The smallest absolute Gasteiger partial charge is 0.276 e. The lowest BCUT2D eigenvalue weighted by Gasteiger charge is -2.26. The fraction of sp³-hybridized carbons (Fsp3) is 0.233. The molecule has 9 nitrogen and oxygen atoms in total. The van der Waals surface area contributed by atoms with Gasteiger partial charge < -0.3 is 31.8 Å². The van der Waals surface area contributed by atoms with E-state index in [0.717, 1.165) is 29.4 Å². The molecule has 0 bridgehead atoms. The number of allylic oxidation sites excluding steroid dienone is 3. The number of aliphatic hydroxyl groups is 1. The number of nitrogens with two attached hydrogens (primary N) is 2. The van der Waals surface area contributed by atoms with Crippen LogP contribution in [0, 0.1) is 11.7 Å². The highest BCUT2D eigenvalue weighted by molar-refractivity contribution is 7.11. The van der Waals surface area contributed by atoms with Crippen molar-refractivity contribution in [3.63, 3.8) is 0 Å². The predicted molar refractivity (Wildman–Crippen MR) is 160 cm³/mol. The number of nitrogens with zero attached hydrogens (tertiary/aromatic N) is 2. The third kappa shape index (κ3) is 6.47. The molecular formula is C30H31FN6O3S. The Morgan fingerprint density at radius 2 is 2.02 bits per heavy atom. The number of thiazole rings is 1. The molecule has 2 aromatic heterocycles. The summed E-state index contributed by atoms with van der Waals surface area (Å²) in [7, 11) is 1.72. The number of aliphatic hydroxyl groups excluding tert-OH is 1. The molecule has 4 aromatic rings. The standard InChI is InChI=1S/C30H31FN6O3S/c1-37(30(40)18-4-6-20(31)7-5-18)21-8-9-22-23(10-11-26(33)38)27(34-24(22)15-21)36-28(39)25-16-41-29(35-25)19(12-13-32)14-17-2-3-17/h4-9,12-17,30,34,40H,2-3,10-11,32H2,1H3,(H2,33,38)(H,36,39)/b13-12-,19-14+. The van der Waals surface area contributed by atoms with Crippen molar-refractivity contribution in [3.8, 4) is 0 Å². The molecule has 41 heavy (non-hydrogen) atoms. The van der Waals surface area contributed by atoms with Crippen LogP contribution in [0.2, 0.25) is 0 Å². The molecule has 1 atom stereocenters. The minimum atomic E-state index is -1.01. The van der Waals surface area contributed by atoms with Crippen molar-refractivity contribution >= 4 is 51.1 Å². The first kappa shape index (κ1) is 28.1. The van der Waals surface area contributed by atoms with Crippen LogP contribution in [0.15, 0.2) is 66.2 Å². The summed E-state index contributed by atoms with van der Waals surface area (Å²) in [5.41, 5.74) is 14.9. The molecule has 5 rings (SSSR count). The lowest BCUT2D eigenvalue weighted by Crippen LogP contribution is -2.23. The van der Waals surface area contributed by atoms with Crippen LogP contribution in [-0.4, -0.2) is 33.9 Å². The predicted octanol–water partition coefficient (Wildman–Crippen LogP) is 4.83. The summed E-state index contributed by atoms with van der Waals surface area (Å²) in [5.74, 6) is -0.281. The van der Waals surface area contributed by atoms with Crippen molar-refractivity contribution in [3.05, 3.63) is 93.8 Å². The lowest BCUT2D eigenvalue weighted by molar-refractivity contribution is -0.117. The number of aryl methyl sites for hydroxylation is 1. The average Bonchev–Trinajstić information content (AvgIpc) is 3.51. The molecule has 1 aliphatic rings. The zero-order chi connectivity index (χ0) is 29.1. The van der Waals surface area contributed by atoms with E-state index >= 15 is 0 Å². The molecule has 2 aromatic carbocycles. The molecule has 1 saturated carbocycles. The molecule has 2 amide bonds. The number of hydrogen-bond donors (Lipinski definition) is 5. The maximum absolute atomic E-state index is 13.3. The first-order valence-corrected chi connectivity index (χ1v) is 14.1. The first-order valence-electron chi connectivity index (χ1n) is 13.2. The number of hydrogen-bond acceptors (Lipinski definition) is 7. The molecule has 1 unspecified atom stereocenters. The van der Waals surface area contributed by atoms with Crippen molar-refractivity contribution in [2.45, 2.75) is 31.9 Å². The Balaban J connectivity index is 1.42. The highest BCUT2D eigenvalue weighted by Crippen LogP contribution is 2.35. The van der Waals surface area contributed by atoms with Crippen molar-refractivity contribution in [2.75, 3.05) is 17.3 Å². The molecule has 1 aliphatic carbocycles. The molecule has 0 saturated heterocycles. The van der Waals surface area contributed by atoms with Crippen molar-refractivity contribution in [2.24, 2.45) is 17.4 Å². The largest absolute Gasteiger partial charge is 0.405 e. The van der Waals surface area contributed by atoms with E-state index in [1.54, 1.807) is 23.4 Å². The van der Waals surface area contributed by atoms with Crippen LogP contribution in [0.25, 0.3) is 16.5 Å². The van der Waals surface area contributed by atoms with E-state index in [0.29, 0.717) is 39.9 Å². The summed E-state index contributed by atoms with van der Waals surface area (Å²) in [6.07, 6.45) is 7.07. The first-order chi connectivity index (χ1) is 19.7. The highest BCUT2D eigenvalue weighted by Gasteiger charge is 2.22. The zero-order valence-electron chi connectivity index (χ0n) is 22.4. The van der Waals surface area contributed by atoms with E-state index in [4.69, 9.17) is 11.5 Å². The van der Waals surface area contributed by atoms with Gasteiger partial charge in [-0.3, -0.25) is 9.59 Å². The molecule has 0 aliphatic heterocycles. The molecule has 212 valence electrons. The Morgan fingerprint density at radius 3 is 2.71 bits per heavy atom. The number of aromatic nitrogens is 2. The third-order valence-electron chi connectivity index (χ3n) is 6.99. The minimum absolute atomic E-state index is 0.0996. The van der Waals surface area contributed by atoms with Gasteiger partial charge in [0.2, 0.25) is 5.91 Å². The van der Waals surface area contributed by atoms with Crippen LogP contribution in [0.5, 0.6) is 0 Å². The zero-order valence-corrected chi connectivity index (χ0v) is 23.2. The van der Waals surface area contributed by atoms with E-state index in [9.17, 15) is 19.1 Å². The van der Waals surface area contributed by atoms with Crippen molar-refractivity contribution in [1.82, 2.24) is 9.97 Å². The number of amides is 2. The second-order valence-corrected chi connectivity index (χ2v) is 10.9. The van der Waals surface area contributed by atoms with Gasteiger partial charge in [-0.2, -0.15) is 0 Å². The number of aromatic amines is 1. The van der Waals surface area contributed by atoms with Gasteiger partial charge in [0.05, 0.1) is 0 Å². The summed E-state index contributed by atoms with van der Waals surface area (Å²) in [4.78, 5) is 34.3. The average molecular weight is 575 g/mol. The van der Waals surface area contributed by atoms with Crippen molar-refractivity contribution < 1.29 is 19.1 Å². The fourth-order valence-corrected chi connectivity index (χ4v) is 5.39. The van der Waals surface area contributed by atoms with Crippen LogP contribution < -0.4 is 21.7 Å². The molecular weight excluding hydrogens is 543 g/mol. The Kier molecular flexibility index (Phi) is 8.18. The maximum Gasteiger partial charge on any atom is 0.276 e. The van der Waals surface area contributed by atoms with Crippen molar-refractivity contribution in [1.29, 1.82) is 0 Å². The molecule has 0 spiro atoms. The van der Waals surface area contributed by atoms with Gasteiger partial charge in [0, 0.05) is 52.1 Å². The number of carbonyl (C=O) groups is 2. The molecule has 7 N–H and O–H groups in total. The number of H-pyrrole nitrogens is 1. The number of fused-ring (bicyclic) bond motifs is 1. The number of rotatable bonds is 11. The number of carbonyl (C=O) groups excluding carboxylic acids is 2. The van der Waals surface area contributed by atoms with E-state index in [-0.39, 0.29) is 17.9 Å². The van der Waals surface area contributed by atoms with Crippen LogP contribution in [-0.2, 0) is 11.2 Å². The highest BCUT2D eigenvalue weighted by atomic mass is 32.1. The van der Waals surface area contributed by atoms with Gasteiger partial charge in [0.25, 0.3) is 5.91 Å². The van der Waals surface area contributed by atoms with E-state index < -0.39 is 18.0 Å². The summed E-state index contributed by atoms with van der Waals surface area (Å²) >= 11 is 1.37. The fourth-order valence-electron chi connectivity index (χ4n) is 4.58. The second kappa shape index (κ2) is 11.9. The number of primary amides is 1. The normalized spacial score (nSPS) is 14.5. The van der Waals surface area contributed by atoms with Gasteiger partial charge in [0.1, 0.15) is 22.3 Å². The van der Waals surface area contributed by atoms with Crippen LogP contribution in [0.1, 0.15) is 52.1 Å². The topological polar surface area (TPSA) is 150 Å². The molecule has 11 heteroatoms. The Morgan fingerprint density at radius 1 is 1.27 bits per heavy atom. The van der Waals surface area contributed by atoms with Gasteiger partial charge in [-0.15, -0.1) is 11.3 Å². The second-order valence-electron chi connectivity index (χ2n) is 10.0. The summed E-state index contributed by atoms with van der Waals surface area (Å²) in [6, 6.07) is 11.2. The monoisotopic (exact) mass is 574 g/mol. The van der Waals surface area contributed by atoms with Gasteiger partial charge in [-0.25, -0.2) is 9.37 Å². The van der Waals surface area contributed by atoms with E-state index in [2.05, 4.69) is 21.4 Å². The van der Waals surface area contributed by atoms with Crippen LogP contribution >= 0.6 is 11.3 Å². The quantitative estimate of drug-likeness (QED) is 0.128. The summed E-state index contributed by atoms with van der Waals surface area (Å²) < 4.78 is 13.3. The van der Waals surface area contributed by atoms with Gasteiger partial charge in [-0.05, 0) is 61.7 Å². The van der Waals surface area contributed by atoms with E-state index in [1.165, 1.54) is 41.8 Å². The number of halogens is 1. The number of benzene rings is 2. The number of nitrogens with one attached hydrogen (secondary N) is 2. The van der Waals surface area contributed by atoms with Gasteiger partial charge >= 0.3 is 0 Å². The summed E-state index contributed by atoms with van der Waals surface area (Å²) in [5, 5.41) is 17.0. The Bertz CT molecular complexity index is 1640. The van der Waals surface area contributed by atoms with Gasteiger partial charge in [-0.1, -0.05) is 24.3 Å². The van der Waals surface area contributed by atoms with Gasteiger partial charge in [0.15, 0.2) is 6.23 Å². The lowest BCUT2D eigenvalue weighted by atomic mass is 10.1. The Hall–Kier alpha value is -4.48. The molecule has 0 radical (unpaired) electrons.